The molecular weight excluding hydrogens is 370 g/mol. The van der Waals surface area contributed by atoms with E-state index in [0.717, 1.165) is 23.2 Å². The molecule has 1 atom stereocenters. The van der Waals surface area contributed by atoms with Crippen LogP contribution in [0.25, 0.3) is 5.70 Å². The van der Waals surface area contributed by atoms with Gasteiger partial charge in [0, 0.05) is 22.2 Å². The summed E-state index contributed by atoms with van der Waals surface area (Å²) in [4.78, 5) is 4.70. The molecule has 3 aromatic rings. The molecule has 1 unspecified atom stereocenters. The monoisotopic (exact) mass is 389 g/mol. The van der Waals surface area contributed by atoms with Gasteiger partial charge in [0.25, 0.3) is 0 Å². The first-order chi connectivity index (χ1) is 13.8. The van der Waals surface area contributed by atoms with Crippen molar-refractivity contribution in [2.24, 2.45) is 4.99 Å². The number of nitrogens with zero attached hydrogens (tertiary/aromatic N) is 1. The van der Waals surface area contributed by atoms with Gasteiger partial charge in [-0.25, -0.2) is 4.99 Å². The van der Waals surface area contributed by atoms with E-state index in [0.29, 0.717) is 19.0 Å². The van der Waals surface area contributed by atoms with Gasteiger partial charge in [-0.05, 0) is 47.4 Å². The Kier molecular flexibility index (Phi) is 4.41. The highest BCUT2D eigenvalue weighted by Crippen LogP contribution is 2.42. The van der Waals surface area contributed by atoms with Crippen LogP contribution in [0.1, 0.15) is 34.8 Å². The second-order valence-corrected chi connectivity index (χ2v) is 7.53. The molecular formula is C23H20ClN3O. The molecule has 1 aliphatic carbocycles. The molecule has 1 aromatic heterocycles. The lowest BCUT2D eigenvalue weighted by atomic mass is 9.77. The summed E-state index contributed by atoms with van der Waals surface area (Å²) in [6.45, 7) is 1.30. The molecule has 5 rings (SSSR count). The topological polar surface area (TPSA) is 49.6 Å². The smallest absolute Gasteiger partial charge is 0.196 e. The Bertz CT molecular complexity index is 1050. The summed E-state index contributed by atoms with van der Waals surface area (Å²) >= 11 is 6.09. The highest BCUT2D eigenvalue weighted by Gasteiger charge is 2.29. The molecule has 1 aliphatic heterocycles. The second kappa shape index (κ2) is 7.21. The zero-order chi connectivity index (χ0) is 18.9. The van der Waals surface area contributed by atoms with Crippen LogP contribution in [-0.4, -0.2) is 12.5 Å². The molecule has 0 spiro atoms. The minimum atomic E-state index is 0.321. The SMILES string of the molecule is Clc1ccc(C2CC3=C(NC(NCc4ccco4)=NC3)c3ccccc32)cc1. The van der Waals surface area contributed by atoms with Crippen LogP contribution in [0.3, 0.4) is 0 Å². The minimum Gasteiger partial charge on any atom is -0.467 e. The number of rotatable bonds is 3. The zero-order valence-electron chi connectivity index (χ0n) is 15.3. The third-order valence-electron chi connectivity index (χ3n) is 5.36. The lowest BCUT2D eigenvalue weighted by molar-refractivity contribution is 0.502. The van der Waals surface area contributed by atoms with Crippen molar-refractivity contribution in [2.45, 2.75) is 18.9 Å². The highest BCUT2D eigenvalue weighted by molar-refractivity contribution is 6.30. The van der Waals surface area contributed by atoms with E-state index >= 15 is 0 Å². The van der Waals surface area contributed by atoms with Gasteiger partial charge in [-0.2, -0.15) is 0 Å². The van der Waals surface area contributed by atoms with Crippen LogP contribution >= 0.6 is 11.6 Å². The van der Waals surface area contributed by atoms with E-state index in [4.69, 9.17) is 21.0 Å². The first-order valence-electron chi connectivity index (χ1n) is 9.42. The molecule has 28 heavy (non-hydrogen) atoms. The van der Waals surface area contributed by atoms with Crippen molar-refractivity contribution in [1.82, 2.24) is 10.6 Å². The summed E-state index contributed by atoms with van der Waals surface area (Å²) < 4.78 is 5.39. The van der Waals surface area contributed by atoms with Crippen molar-refractivity contribution in [3.05, 3.63) is 100.0 Å². The number of guanidine groups is 1. The molecule has 0 bridgehead atoms. The predicted molar refractivity (Wildman–Crippen MR) is 112 cm³/mol. The van der Waals surface area contributed by atoms with E-state index < -0.39 is 0 Å². The number of aliphatic imine (C=N–C) groups is 1. The Morgan fingerprint density at radius 3 is 2.75 bits per heavy atom. The fourth-order valence-corrected chi connectivity index (χ4v) is 4.11. The van der Waals surface area contributed by atoms with Crippen LogP contribution in [0.5, 0.6) is 0 Å². The summed E-state index contributed by atoms with van der Waals surface area (Å²) in [5, 5.41) is 7.61. The third-order valence-corrected chi connectivity index (χ3v) is 5.62. The largest absolute Gasteiger partial charge is 0.467 e. The Labute approximate surface area is 168 Å². The van der Waals surface area contributed by atoms with Crippen molar-refractivity contribution in [2.75, 3.05) is 6.54 Å². The average molecular weight is 390 g/mol. The van der Waals surface area contributed by atoms with Gasteiger partial charge in [-0.1, -0.05) is 48.0 Å². The molecule has 4 nitrogen and oxygen atoms in total. The van der Waals surface area contributed by atoms with Crippen molar-refractivity contribution >= 4 is 23.3 Å². The van der Waals surface area contributed by atoms with Gasteiger partial charge in [0.2, 0.25) is 0 Å². The van der Waals surface area contributed by atoms with Gasteiger partial charge < -0.3 is 15.1 Å². The fourth-order valence-electron chi connectivity index (χ4n) is 3.99. The number of hydrogen-bond acceptors (Lipinski definition) is 4. The lowest BCUT2D eigenvalue weighted by Crippen LogP contribution is -2.40. The average Bonchev–Trinajstić information content (AvgIpc) is 3.26. The van der Waals surface area contributed by atoms with E-state index in [1.165, 1.54) is 28.0 Å². The van der Waals surface area contributed by atoms with E-state index in [1.807, 2.05) is 24.3 Å². The summed E-state index contributed by atoms with van der Waals surface area (Å²) in [7, 11) is 0. The van der Waals surface area contributed by atoms with Crippen LogP contribution < -0.4 is 10.6 Å². The molecule has 0 saturated carbocycles. The van der Waals surface area contributed by atoms with Crippen LogP contribution in [0, 0.1) is 0 Å². The molecule has 2 aliphatic rings. The Hall–Kier alpha value is -2.98. The van der Waals surface area contributed by atoms with Crippen LogP contribution in [-0.2, 0) is 6.54 Å². The number of nitrogens with one attached hydrogen (secondary N) is 2. The predicted octanol–water partition coefficient (Wildman–Crippen LogP) is 4.93. The first kappa shape index (κ1) is 17.1. The number of hydrogen-bond donors (Lipinski definition) is 2. The molecule has 0 saturated heterocycles. The molecule has 2 heterocycles. The van der Waals surface area contributed by atoms with E-state index in [9.17, 15) is 0 Å². The van der Waals surface area contributed by atoms with E-state index in [2.05, 4.69) is 47.0 Å². The molecule has 2 N–H and O–H groups in total. The molecule has 0 fully saturated rings. The maximum Gasteiger partial charge on any atom is 0.196 e. The number of benzene rings is 2. The summed E-state index contributed by atoms with van der Waals surface area (Å²) in [6, 6.07) is 20.7. The zero-order valence-corrected chi connectivity index (χ0v) is 16.0. The number of furan rings is 1. The van der Waals surface area contributed by atoms with Gasteiger partial charge in [-0.3, -0.25) is 0 Å². The fraction of sp³-hybridized carbons (Fsp3) is 0.174. The Morgan fingerprint density at radius 2 is 1.93 bits per heavy atom. The standard InChI is InChI=1S/C23H20ClN3O/c24-17-9-7-15(8-10-17)21-12-16-13-25-23(26-14-18-4-3-11-28-18)27-22(16)20-6-2-1-5-19(20)21/h1-11,21H,12-14H2,(H2,25,26,27). The summed E-state index contributed by atoms with van der Waals surface area (Å²) in [5.74, 6) is 1.99. The van der Waals surface area contributed by atoms with Crippen LogP contribution in [0.4, 0.5) is 0 Å². The minimum absolute atomic E-state index is 0.321. The van der Waals surface area contributed by atoms with Gasteiger partial charge in [0.1, 0.15) is 5.76 Å². The Balaban J connectivity index is 1.42. The van der Waals surface area contributed by atoms with Crippen LogP contribution in [0.2, 0.25) is 5.02 Å². The van der Waals surface area contributed by atoms with Crippen molar-refractivity contribution in [3.63, 3.8) is 0 Å². The second-order valence-electron chi connectivity index (χ2n) is 7.10. The number of fused-ring (bicyclic) bond motifs is 2. The Morgan fingerprint density at radius 1 is 1.07 bits per heavy atom. The highest BCUT2D eigenvalue weighted by atomic mass is 35.5. The maximum atomic E-state index is 6.09. The normalized spacial score (nSPS) is 18.0. The van der Waals surface area contributed by atoms with Crippen molar-refractivity contribution < 1.29 is 4.42 Å². The van der Waals surface area contributed by atoms with Gasteiger partial charge >= 0.3 is 0 Å². The van der Waals surface area contributed by atoms with Crippen LogP contribution in [0.15, 0.2) is 81.9 Å². The summed E-state index contributed by atoms with van der Waals surface area (Å²) in [6.07, 6.45) is 2.64. The van der Waals surface area contributed by atoms with Gasteiger partial charge in [0.05, 0.1) is 19.4 Å². The molecule has 2 aromatic carbocycles. The third kappa shape index (κ3) is 3.20. The first-order valence-corrected chi connectivity index (χ1v) is 9.80. The van der Waals surface area contributed by atoms with E-state index in [1.54, 1.807) is 6.26 Å². The summed E-state index contributed by atoms with van der Waals surface area (Å²) in [5.41, 5.74) is 6.38. The maximum absolute atomic E-state index is 6.09. The van der Waals surface area contributed by atoms with Gasteiger partial charge in [-0.15, -0.1) is 0 Å². The quantitative estimate of drug-likeness (QED) is 0.667. The molecule has 140 valence electrons. The molecule has 0 radical (unpaired) electrons. The van der Waals surface area contributed by atoms with E-state index in [-0.39, 0.29) is 0 Å². The molecule has 5 heteroatoms. The number of halogens is 1. The van der Waals surface area contributed by atoms with Crippen molar-refractivity contribution in [1.29, 1.82) is 0 Å². The lowest BCUT2D eigenvalue weighted by Gasteiger charge is -2.33. The van der Waals surface area contributed by atoms with Crippen molar-refractivity contribution in [3.8, 4) is 0 Å². The van der Waals surface area contributed by atoms with Gasteiger partial charge in [0.15, 0.2) is 5.96 Å². The molecule has 0 amide bonds.